The first-order valence-corrected chi connectivity index (χ1v) is 5.28. The molecule has 0 radical (unpaired) electrons. The predicted octanol–water partition coefficient (Wildman–Crippen LogP) is 1.40. The molecular weight excluding hydrogens is 221 g/mol. The molecule has 2 aromatic rings. The molecule has 0 aliphatic carbocycles. The maximum Gasteiger partial charge on any atom is 0.141 e. The van der Waals surface area contributed by atoms with Crippen molar-refractivity contribution in [2.75, 3.05) is 0 Å². The molecule has 1 atom stereocenters. The van der Waals surface area contributed by atoms with Gasteiger partial charge in [0, 0.05) is 37.6 Å². The number of imidazole rings is 1. The molecule has 0 saturated heterocycles. The molecule has 0 aromatic carbocycles. The highest BCUT2D eigenvalue weighted by molar-refractivity contribution is 5.19. The van der Waals surface area contributed by atoms with Crippen LogP contribution in [-0.2, 0) is 19.1 Å². The molecule has 0 bridgehead atoms. The first-order valence-electron chi connectivity index (χ1n) is 5.28. The SMILES string of the molecule is Cn1ccnc1CC(C)(O)c1cncc(F)c1. The molecule has 0 spiro atoms. The smallest absolute Gasteiger partial charge is 0.141 e. The van der Waals surface area contributed by atoms with Crippen LogP contribution in [0.25, 0.3) is 0 Å². The van der Waals surface area contributed by atoms with Gasteiger partial charge in [-0.2, -0.15) is 0 Å². The highest BCUT2D eigenvalue weighted by Gasteiger charge is 2.26. The second kappa shape index (κ2) is 4.25. The predicted molar refractivity (Wildman–Crippen MR) is 60.7 cm³/mol. The van der Waals surface area contributed by atoms with Crippen molar-refractivity contribution >= 4 is 0 Å². The highest BCUT2D eigenvalue weighted by atomic mass is 19.1. The molecule has 0 fully saturated rings. The molecule has 5 heteroatoms. The van der Waals surface area contributed by atoms with E-state index in [0.717, 1.165) is 12.0 Å². The fourth-order valence-electron chi connectivity index (χ4n) is 1.68. The summed E-state index contributed by atoms with van der Waals surface area (Å²) in [6.45, 7) is 1.62. The summed E-state index contributed by atoms with van der Waals surface area (Å²) < 4.78 is 14.9. The summed E-state index contributed by atoms with van der Waals surface area (Å²) >= 11 is 0. The van der Waals surface area contributed by atoms with E-state index in [4.69, 9.17) is 0 Å². The maximum absolute atomic E-state index is 13.1. The number of hydrogen-bond donors (Lipinski definition) is 1. The van der Waals surface area contributed by atoms with Crippen LogP contribution in [0.2, 0.25) is 0 Å². The van der Waals surface area contributed by atoms with E-state index in [9.17, 15) is 9.50 Å². The van der Waals surface area contributed by atoms with E-state index in [-0.39, 0.29) is 0 Å². The van der Waals surface area contributed by atoms with E-state index in [1.165, 1.54) is 12.3 Å². The molecule has 0 saturated carbocycles. The molecule has 1 N–H and O–H groups in total. The Hall–Kier alpha value is -1.75. The van der Waals surface area contributed by atoms with Gasteiger partial charge in [0.2, 0.25) is 0 Å². The first kappa shape index (κ1) is 11.7. The van der Waals surface area contributed by atoms with Gasteiger partial charge in [-0.05, 0) is 13.0 Å². The van der Waals surface area contributed by atoms with Crippen molar-refractivity contribution in [2.24, 2.45) is 7.05 Å². The lowest BCUT2D eigenvalue weighted by molar-refractivity contribution is 0.0540. The third-order valence-electron chi connectivity index (χ3n) is 2.75. The highest BCUT2D eigenvalue weighted by Crippen LogP contribution is 2.24. The van der Waals surface area contributed by atoms with E-state index >= 15 is 0 Å². The van der Waals surface area contributed by atoms with Gasteiger partial charge in [0.15, 0.2) is 0 Å². The molecule has 17 heavy (non-hydrogen) atoms. The average Bonchev–Trinajstić information content (AvgIpc) is 2.64. The number of halogens is 1. The Labute approximate surface area is 98.8 Å². The topological polar surface area (TPSA) is 50.9 Å². The standard InChI is InChI=1S/C12H14FN3O/c1-12(17,6-11-15-3-4-16(11)2)9-5-10(13)8-14-7-9/h3-5,7-8,17H,6H2,1-2H3. The second-order valence-corrected chi connectivity index (χ2v) is 4.30. The lowest BCUT2D eigenvalue weighted by Crippen LogP contribution is -2.26. The molecule has 1 unspecified atom stereocenters. The number of aryl methyl sites for hydroxylation is 1. The van der Waals surface area contributed by atoms with Gasteiger partial charge in [-0.1, -0.05) is 0 Å². The molecule has 0 aliphatic heterocycles. The van der Waals surface area contributed by atoms with Crippen LogP contribution in [-0.4, -0.2) is 19.6 Å². The fraction of sp³-hybridized carbons (Fsp3) is 0.333. The van der Waals surface area contributed by atoms with Crippen LogP contribution in [0.5, 0.6) is 0 Å². The number of hydrogen-bond acceptors (Lipinski definition) is 3. The van der Waals surface area contributed by atoms with Crippen molar-refractivity contribution in [3.63, 3.8) is 0 Å². The van der Waals surface area contributed by atoms with Crippen molar-refractivity contribution in [1.82, 2.24) is 14.5 Å². The number of nitrogens with zero attached hydrogens (tertiary/aromatic N) is 3. The van der Waals surface area contributed by atoms with E-state index in [0.29, 0.717) is 12.0 Å². The summed E-state index contributed by atoms with van der Waals surface area (Å²) in [6.07, 6.45) is 6.35. The molecule has 4 nitrogen and oxygen atoms in total. The Balaban J connectivity index is 2.27. The molecule has 0 amide bonds. The van der Waals surface area contributed by atoms with E-state index in [2.05, 4.69) is 9.97 Å². The molecule has 2 aromatic heterocycles. The monoisotopic (exact) mass is 235 g/mol. The Morgan fingerprint density at radius 1 is 1.47 bits per heavy atom. The average molecular weight is 235 g/mol. The molecule has 0 aliphatic rings. The number of pyridine rings is 1. The normalized spacial score (nSPS) is 14.6. The van der Waals surface area contributed by atoms with Crippen LogP contribution in [0.4, 0.5) is 4.39 Å². The number of rotatable bonds is 3. The summed E-state index contributed by atoms with van der Waals surface area (Å²) in [7, 11) is 1.85. The van der Waals surface area contributed by atoms with Crippen molar-refractivity contribution < 1.29 is 9.50 Å². The zero-order valence-corrected chi connectivity index (χ0v) is 9.76. The molecular formula is C12H14FN3O. The third kappa shape index (κ3) is 2.50. The van der Waals surface area contributed by atoms with Gasteiger partial charge in [-0.25, -0.2) is 9.37 Å². The minimum Gasteiger partial charge on any atom is -0.385 e. The van der Waals surface area contributed by atoms with Crippen molar-refractivity contribution in [1.29, 1.82) is 0 Å². The lowest BCUT2D eigenvalue weighted by Gasteiger charge is -2.23. The fourth-order valence-corrected chi connectivity index (χ4v) is 1.68. The van der Waals surface area contributed by atoms with Crippen LogP contribution >= 0.6 is 0 Å². The maximum atomic E-state index is 13.1. The van der Waals surface area contributed by atoms with Gasteiger partial charge in [-0.15, -0.1) is 0 Å². The Bertz CT molecular complexity index is 522. The summed E-state index contributed by atoms with van der Waals surface area (Å²) in [4.78, 5) is 7.88. The van der Waals surface area contributed by atoms with Crippen molar-refractivity contribution in [3.8, 4) is 0 Å². The zero-order valence-electron chi connectivity index (χ0n) is 9.76. The first-order chi connectivity index (χ1) is 7.99. The third-order valence-corrected chi connectivity index (χ3v) is 2.75. The van der Waals surface area contributed by atoms with E-state index in [1.54, 1.807) is 19.3 Å². The Morgan fingerprint density at radius 3 is 2.82 bits per heavy atom. The summed E-state index contributed by atoms with van der Waals surface area (Å²) in [5.74, 6) is 0.280. The van der Waals surface area contributed by atoms with Gasteiger partial charge < -0.3 is 9.67 Å². The summed E-state index contributed by atoms with van der Waals surface area (Å²) in [5, 5.41) is 10.3. The van der Waals surface area contributed by atoms with E-state index < -0.39 is 11.4 Å². The minimum atomic E-state index is -1.19. The lowest BCUT2D eigenvalue weighted by atomic mass is 9.93. The minimum absolute atomic E-state index is 0.307. The number of aromatic nitrogens is 3. The van der Waals surface area contributed by atoms with Crippen LogP contribution in [0.1, 0.15) is 18.3 Å². The Kier molecular flexibility index (Phi) is 2.93. The van der Waals surface area contributed by atoms with Crippen LogP contribution in [0, 0.1) is 5.82 Å². The van der Waals surface area contributed by atoms with Crippen LogP contribution in [0.15, 0.2) is 30.9 Å². The van der Waals surface area contributed by atoms with E-state index in [1.807, 2.05) is 11.6 Å². The second-order valence-electron chi connectivity index (χ2n) is 4.30. The quantitative estimate of drug-likeness (QED) is 0.875. The van der Waals surface area contributed by atoms with Gasteiger partial charge >= 0.3 is 0 Å². The van der Waals surface area contributed by atoms with Crippen LogP contribution in [0.3, 0.4) is 0 Å². The molecule has 2 heterocycles. The van der Waals surface area contributed by atoms with Crippen molar-refractivity contribution in [3.05, 3.63) is 48.1 Å². The zero-order chi connectivity index (χ0) is 12.5. The van der Waals surface area contributed by atoms with Crippen molar-refractivity contribution in [2.45, 2.75) is 18.9 Å². The van der Waals surface area contributed by atoms with Crippen LogP contribution < -0.4 is 0 Å². The Morgan fingerprint density at radius 2 is 2.24 bits per heavy atom. The van der Waals surface area contributed by atoms with Gasteiger partial charge in [0.1, 0.15) is 11.6 Å². The van der Waals surface area contributed by atoms with Gasteiger partial charge in [0.05, 0.1) is 11.8 Å². The number of aliphatic hydroxyl groups is 1. The largest absolute Gasteiger partial charge is 0.385 e. The van der Waals surface area contributed by atoms with Gasteiger partial charge in [0.25, 0.3) is 0 Å². The molecule has 90 valence electrons. The molecule has 2 rings (SSSR count). The van der Waals surface area contributed by atoms with Gasteiger partial charge in [-0.3, -0.25) is 4.98 Å². The summed E-state index contributed by atoms with van der Waals surface area (Å²) in [5.41, 5.74) is -0.741. The summed E-state index contributed by atoms with van der Waals surface area (Å²) in [6, 6.07) is 1.29.